The van der Waals surface area contributed by atoms with E-state index < -0.39 is 0 Å². The standard InChI is InChI=1S/C11H19N3O/c1-4-15-7-10(9(2)3)14-11-5-6-12-8-13-11/h5-6,8-10H,4,7H2,1-3H3,(H,12,13,14). The topological polar surface area (TPSA) is 47.0 Å². The number of ether oxygens (including phenoxy) is 1. The summed E-state index contributed by atoms with van der Waals surface area (Å²) >= 11 is 0. The maximum Gasteiger partial charge on any atom is 0.129 e. The molecule has 1 aromatic rings. The van der Waals surface area contributed by atoms with Gasteiger partial charge in [-0.05, 0) is 18.9 Å². The Hall–Kier alpha value is -1.16. The van der Waals surface area contributed by atoms with Crippen LogP contribution in [-0.2, 0) is 4.74 Å². The lowest BCUT2D eigenvalue weighted by molar-refractivity contribution is 0.126. The molecule has 4 heteroatoms. The molecule has 0 fully saturated rings. The van der Waals surface area contributed by atoms with E-state index in [9.17, 15) is 0 Å². The molecule has 0 saturated heterocycles. The average Bonchev–Trinajstić information content (AvgIpc) is 2.25. The number of nitrogens with zero attached hydrogens (tertiary/aromatic N) is 2. The molecule has 0 saturated carbocycles. The number of hydrogen-bond donors (Lipinski definition) is 1. The molecule has 1 rings (SSSR count). The SMILES string of the molecule is CCOCC(Nc1ccncn1)C(C)C. The largest absolute Gasteiger partial charge is 0.380 e. The molecule has 0 aliphatic rings. The predicted octanol–water partition coefficient (Wildman–Crippen LogP) is 1.95. The molecule has 1 heterocycles. The van der Waals surface area contributed by atoms with Crippen molar-refractivity contribution < 1.29 is 4.74 Å². The van der Waals surface area contributed by atoms with Crippen LogP contribution in [0, 0.1) is 5.92 Å². The van der Waals surface area contributed by atoms with Crippen LogP contribution in [0.4, 0.5) is 5.82 Å². The van der Waals surface area contributed by atoms with Gasteiger partial charge in [0.2, 0.25) is 0 Å². The van der Waals surface area contributed by atoms with Crippen LogP contribution in [0.2, 0.25) is 0 Å². The van der Waals surface area contributed by atoms with Crippen LogP contribution in [-0.4, -0.2) is 29.2 Å². The molecule has 0 spiro atoms. The van der Waals surface area contributed by atoms with E-state index in [2.05, 4.69) is 29.1 Å². The van der Waals surface area contributed by atoms with E-state index in [0.29, 0.717) is 18.6 Å². The van der Waals surface area contributed by atoms with Gasteiger partial charge in [-0.15, -0.1) is 0 Å². The van der Waals surface area contributed by atoms with Crippen molar-refractivity contribution >= 4 is 5.82 Å². The third-order valence-corrected chi connectivity index (χ3v) is 2.22. The predicted molar refractivity (Wildman–Crippen MR) is 60.8 cm³/mol. The van der Waals surface area contributed by atoms with Gasteiger partial charge in [0.15, 0.2) is 0 Å². The summed E-state index contributed by atoms with van der Waals surface area (Å²) < 4.78 is 5.42. The number of aromatic nitrogens is 2. The molecule has 0 radical (unpaired) electrons. The van der Waals surface area contributed by atoms with Gasteiger partial charge in [0.25, 0.3) is 0 Å². The minimum absolute atomic E-state index is 0.292. The van der Waals surface area contributed by atoms with E-state index in [-0.39, 0.29) is 0 Å². The minimum atomic E-state index is 0.292. The first-order valence-corrected chi connectivity index (χ1v) is 5.34. The highest BCUT2D eigenvalue weighted by molar-refractivity contribution is 5.33. The highest BCUT2D eigenvalue weighted by Crippen LogP contribution is 2.09. The van der Waals surface area contributed by atoms with Crippen molar-refractivity contribution in [2.24, 2.45) is 5.92 Å². The summed E-state index contributed by atoms with van der Waals surface area (Å²) in [6.07, 6.45) is 3.27. The van der Waals surface area contributed by atoms with Gasteiger partial charge in [0.1, 0.15) is 12.1 Å². The summed E-state index contributed by atoms with van der Waals surface area (Å²) in [6, 6.07) is 2.15. The zero-order valence-corrected chi connectivity index (χ0v) is 9.60. The van der Waals surface area contributed by atoms with Crippen LogP contribution in [0.25, 0.3) is 0 Å². The van der Waals surface area contributed by atoms with Gasteiger partial charge in [-0.1, -0.05) is 13.8 Å². The first-order chi connectivity index (χ1) is 7.24. The maximum absolute atomic E-state index is 5.42. The summed E-state index contributed by atoms with van der Waals surface area (Å²) in [7, 11) is 0. The van der Waals surface area contributed by atoms with Crippen molar-refractivity contribution in [2.75, 3.05) is 18.5 Å². The fraction of sp³-hybridized carbons (Fsp3) is 0.636. The van der Waals surface area contributed by atoms with Crippen LogP contribution in [0.5, 0.6) is 0 Å². The van der Waals surface area contributed by atoms with Gasteiger partial charge >= 0.3 is 0 Å². The molecular weight excluding hydrogens is 190 g/mol. The van der Waals surface area contributed by atoms with E-state index in [1.165, 1.54) is 0 Å². The van der Waals surface area contributed by atoms with E-state index in [1.807, 2.05) is 13.0 Å². The summed E-state index contributed by atoms with van der Waals surface area (Å²) in [4.78, 5) is 8.01. The maximum atomic E-state index is 5.42. The Morgan fingerprint density at radius 2 is 2.27 bits per heavy atom. The summed E-state index contributed by atoms with van der Waals surface area (Å²) in [5.74, 6) is 1.36. The number of nitrogens with one attached hydrogen (secondary N) is 1. The van der Waals surface area contributed by atoms with Crippen molar-refractivity contribution in [3.8, 4) is 0 Å². The van der Waals surface area contributed by atoms with Crippen LogP contribution in [0.15, 0.2) is 18.6 Å². The highest BCUT2D eigenvalue weighted by Gasteiger charge is 2.13. The van der Waals surface area contributed by atoms with Gasteiger partial charge in [0, 0.05) is 12.8 Å². The van der Waals surface area contributed by atoms with E-state index >= 15 is 0 Å². The summed E-state index contributed by atoms with van der Waals surface area (Å²) in [5, 5.41) is 3.34. The Kier molecular flexibility index (Phi) is 5.04. The number of hydrogen-bond acceptors (Lipinski definition) is 4. The first-order valence-electron chi connectivity index (χ1n) is 5.34. The average molecular weight is 209 g/mol. The fourth-order valence-electron chi connectivity index (χ4n) is 1.21. The monoisotopic (exact) mass is 209 g/mol. The Morgan fingerprint density at radius 3 is 2.80 bits per heavy atom. The molecule has 0 bridgehead atoms. The smallest absolute Gasteiger partial charge is 0.129 e. The van der Waals surface area contributed by atoms with E-state index in [0.717, 1.165) is 12.4 Å². The Morgan fingerprint density at radius 1 is 1.47 bits per heavy atom. The molecule has 15 heavy (non-hydrogen) atoms. The molecule has 0 amide bonds. The van der Waals surface area contributed by atoms with Gasteiger partial charge in [-0.3, -0.25) is 0 Å². The second kappa shape index (κ2) is 6.35. The lowest BCUT2D eigenvalue weighted by Gasteiger charge is -2.22. The molecular formula is C11H19N3O. The third-order valence-electron chi connectivity index (χ3n) is 2.22. The molecule has 0 aromatic carbocycles. The zero-order valence-electron chi connectivity index (χ0n) is 9.60. The summed E-state index contributed by atoms with van der Waals surface area (Å²) in [6.45, 7) is 7.78. The van der Waals surface area contributed by atoms with Crippen molar-refractivity contribution in [3.63, 3.8) is 0 Å². The zero-order chi connectivity index (χ0) is 11.1. The number of anilines is 1. The molecule has 4 nitrogen and oxygen atoms in total. The fourth-order valence-corrected chi connectivity index (χ4v) is 1.21. The lowest BCUT2D eigenvalue weighted by Crippen LogP contribution is -2.31. The van der Waals surface area contributed by atoms with Gasteiger partial charge in [-0.25, -0.2) is 9.97 Å². The quantitative estimate of drug-likeness (QED) is 0.778. The minimum Gasteiger partial charge on any atom is -0.380 e. The van der Waals surface area contributed by atoms with Crippen LogP contribution >= 0.6 is 0 Å². The second-order valence-electron chi connectivity index (χ2n) is 3.75. The van der Waals surface area contributed by atoms with Gasteiger partial charge in [-0.2, -0.15) is 0 Å². The Bertz CT molecular complexity index is 264. The first kappa shape index (κ1) is 11.9. The van der Waals surface area contributed by atoms with Crippen molar-refractivity contribution in [2.45, 2.75) is 26.8 Å². The molecule has 0 aliphatic carbocycles. The Labute approximate surface area is 91.1 Å². The normalized spacial score (nSPS) is 12.8. The summed E-state index contributed by atoms with van der Waals surface area (Å²) in [5.41, 5.74) is 0. The third kappa shape index (κ3) is 4.25. The Balaban J connectivity index is 2.51. The number of rotatable bonds is 6. The molecule has 1 atom stereocenters. The van der Waals surface area contributed by atoms with Crippen LogP contribution < -0.4 is 5.32 Å². The van der Waals surface area contributed by atoms with Crippen molar-refractivity contribution in [1.82, 2.24) is 9.97 Å². The molecule has 1 N–H and O–H groups in total. The molecule has 1 aromatic heterocycles. The van der Waals surface area contributed by atoms with Crippen LogP contribution in [0.1, 0.15) is 20.8 Å². The van der Waals surface area contributed by atoms with Crippen molar-refractivity contribution in [1.29, 1.82) is 0 Å². The van der Waals surface area contributed by atoms with E-state index in [1.54, 1.807) is 12.5 Å². The highest BCUT2D eigenvalue weighted by atomic mass is 16.5. The van der Waals surface area contributed by atoms with Gasteiger partial charge < -0.3 is 10.1 Å². The second-order valence-corrected chi connectivity index (χ2v) is 3.75. The molecule has 1 unspecified atom stereocenters. The lowest BCUT2D eigenvalue weighted by atomic mass is 10.1. The van der Waals surface area contributed by atoms with Crippen LogP contribution in [0.3, 0.4) is 0 Å². The van der Waals surface area contributed by atoms with E-state index in [4.69, 9.17) is 4.74 Å². The molecule has 0 aliphatic heterocycles. The van der Waals surface area contributed by atoms with Gasteiger partial charge in [0.05, 0.1) is 12.6 Å². The van der Waals surface area contributed by atoms with Crippen molar-refractivity contribution in [3.05, 3.63) is 18.6 Å². The molecule has 84 valence electrons.